The number of pyridine rings is 3. The Morgan fingerprint density at radius 1 is 0.800 bits per heavy atom. The summed E-state index contributed by atoms with van der Waals surface area (Å²) in [5.74, 6) is 1.06. The molecule has 0 aliphatic carbocycles. The molecule has 0 unspecified atom stereocenters. The molecule has 7 nitrogen and oxygen atoms in total. The smallest absolute Gasteiger partial charge is 0.137 e. The summed E-state index contributed by atoms with van der Waals surface area (Å²) >= 11 is 0. The molecule has 2 N–H and O–H groups in total. The van der Waals surface area contributed by atoms with E-state index < -0.39 is 0 Å². The van der Waals surface area contributed by atoms with Crippen LogP contribution in [0, 0.1) is 0 Å². The third kappa shape index (κ3) is 2.82. The highest BCUT2D eigenvalue weighted by molar-refractivity contribution is 5.99. The molecule has 0 bridgehead atoms. The number of rotatable bonds is 3. The molecule has 6 heterocycles. The third-order valence-corrected chi connectivity index (χ3v) is 5.81. The topological polar surface area (TPSA) is 86.4 Å². The Bertz CT molecular complexity index is 1330. The van der Waals surface area contributed by atoms with Gasteiger partial charge in [0.15, 0.2) is 0 Å². The molecule has 30 heavy (non-hydrogen) atoms. The lowest BCUT2D eigenvalue weighted by Crippen LogP contribution is -2.30. The molecule has 0 saturated carbocycles. The van der Waals surface area contributed by atoms with Gasteiger partial charge in [-0.3, -0.25) is 15.1 Å². The van der Waals surface area contributed by atoms with E-state index in [1.165, 1.54) is 19.3 Å². The predicted octanol–water partition coefficient (Wildman–Crippen LogP) is 4.55. The molecule has 0 amide bonds. The van der Waals surface area contributed by atoms with Crippen molar-refractivity contribution in [2.45, 2.75) is 19.3 Å². The van der Waals surface area contributed by atoms with Crippen LogP contribution in [0.5, 0.6) is 0 Å². The first-order valence-electron chi connectivity index (χ1n) is 10.4. The van der Waals surface area contributed by atoms with Crippen LogP contribution < -0.4 is 4.90 Å². The van der Waals surface area contributed by atoms with E-state index in [4.69, 9.17) is 4.98 Å². The summed E-state index contributed by atoms with van der Waals surface area (Å²) in [6.07, 6.45) is 9.24. The Balaban J connectivity index is 1.47. The molecule has 7 heteroatoms. The van der Waals surface area contributed by atoms with E-state index in [0.29, 0.717) is 0 Å². The lowest BCUT2D eigenvalue weighted by molar-refractivity contribution is 0.575. The number of nitrogens with one attached hydrogen (secondary N) is 2. The number of anilines is 1. The van der Waals surface area contributed by atoms with Gasteiger partial charge in [-0.05, 0) is 49.6 Å². The van der Waals surface area contributed by atoms with E-state index in [1.807, 2.05) is 42.7 Å². The molecule has 1 aliphatic rings. The SMILES string of the molecule is c1ccc(-c2cc3c(-c4cc5c(N6CCCCC6)nccc5[nH]4)n[nH]c3cn2)nc1. The summed E-state index contributed by atoms with van der Waals surface area (Å²) < 4.78 is 0. The summed E-state index contributed by atoms with van der Waals surface area (Å²) in [7, 11) is 0. The maximum Gasteiger partial charge on any atom is 0.137 e. The van der Waals surface area contributed by atoms with Crippen LogP contribution in [0.15, 0.2) is 55.0 Å². The second kappa shape index (κ2) is 6.95. The Morgan fingerprint density at radius 3 is 2.60 bits per heavy atom. The first kappa shape index (κ1) is 17.1. The van der Waals surface area contributed by atoms with Crippen molar-refractivity contribution >= 4 is 27.6 Å². The van der Waals surface area contributed by atoms with Crippen LogP contribution in [0.4, 0.5) is 5.82 Å². The van der Waals surface area contributed by atoms with E-state index in [9.17, 15) is 0 Å². The van der Waals surface area contributed by atoms with Crippen molar-refractivity contribution in [2.24, 2.45) is 0 Å². The minimum absolute atomic E-state index is 0.831. The molecular weight excluding hydrogens is 374 g/mol. The van der Waals surface area contributed by atoms with E-state index >= 15 is 0 Å². The van der Waals surface area contributed by atoms with Crippen molar-refractivity contribution in [1.29, 1.82) is 0 Å². The normalized spacial score (nSPS) is 14.6. The number of fused-ring (bicyclic) bond motifs is 2. The number of aromatic amines is 2. The quantitative estimate of drug-likeness (QED) is 0.468. The van der Waals surface area contributed by atoms with Crippen LogP contribution in [-0.4, -0.2) is 43.2 Å². The summed E-state index contributed by atoms with van der Waals surface area (Å²) in [6.45, 7) is 2.13. The van der Waals surface area contributed by atoms with Crippen LogP contribution in [-0.2, 0) is 0 Å². The maximum atomic E-state index is 4.70. The van der Waals surface area contributed by atoms with Crippen molar-refractivity contribution in [2.75, 3.05) is 18.0 Å². The summed E-state index contributed by atoms with van der Waals surface area (Å²) in [5.41, 5.74) is 5.51. The summed E-state index contributed by atoms with van der Waals surface area (Å²) in [4.78, 5) is 19.6. The van der Waals surface area contributed by atoms with Gasteiger partial charge < -0.3 is 9.88 Å². The van der Waals surface area contributed by atoms with Crippen molar-refractivity contribution < 1.29 is 0 Å². The highest BCUT2D eigenvalue weighted by Crippen LogP contribution is 2.33. The first-order chi connectivity index (χ1) is 14.9. The number of aromatic nitrogens is 6. The zero-order valence-electron chi connectivity index (χ0n) is 16.5. The molecule has 0 spiro atoms. The Kier molecular flexibility index (Phi) is 3.97. The minimum atomic E-state index is 0.831. The van der Waals surface area contributed by atoms with Gasteiger partial charge in [0.2, 0.25) is 0 Å². The zero-order chi connectivity index (χ0) is 19.9. The van der Waals surface area contributed by atoms with Crippen molar-refractivity contribution in [1.82, 2.24) is 30.1 Å². The molecular formula is C23H21N7. The van der Waals surface area contributed by atoms with Gasteiger partial charge in [0.1, 0.15) is 11.5 Å². The van der Waals surface area contributed by atoms with Gasteiger partial charge >= 0.3 is 0 Å². The number of piperidine rings is 1. The standard InChI is InChI=1S/C23H21N7/c1-4-10-30(11-5-1)23-16-13-20(27-17(16)7-9-25-23)22-15-12-19(18-6-2-3-8-24-18)26-14-21(15)28-29-22/h2-3,6-9,12-14,27H,1,4-5,10-11H2,(H,28,29). The molecule has 5 aromatic heterocycles. The molecule has 148 valence electrons. The molecule has 1 aliphatic heterocycles. The van der Waals surface area contributed by atoms with Crippen molar-refractivity contribution in [3.05, 3.63) is 55.0 Å². The molecule has 5 aromatic rings. The Morgan fingerprint density at radius 2 is 1.73 bits per heavy atom. The van der Waals surface area contributed by atoms with Gasteiger partial charge in [0.25, 0.3) is 0 Å². The van der Waals surface area contributed by atoms with E-state index in [2.05, 4.69) is 36.1 Å². The van der Waals surface area contributed by atoms with Gasteiger partial charge in [-0.1, -0.05) is 6.07 Å². The zero-order valence-corrected chi connectivity index (χ0v) is 16.5. The van der Waals surface area contributed by atoms with Crippen LogP contribution in [0.3, 0.4) is 0 Å². The van der Waals surface area contributed by atoms with Gasteiger partial charge in [0, 0.05) is 36.3 Å². The van der Waals surface area contributed by atoms with Crippen molar-refractivity contribution in [3.8, 4) is 22.8 Å². The van der Waals surface area contributed by atoms with Crippen LogP contribution in [0.2, 0.25) is 0 Å². The van der Waals surface area contributed by atoms with E-state index in [-0.39, 0.29) is 0 Å². The fourth-order valence-corrected chi connectivity index (χ4v) is 4.30. The minimum Gasteiger partial charge on any atom is -0.356 e. The van der Waals surface area contributed by atoms with Gasteiger partial charge in [-0.2, -0.15) is 5.10 Å². The van der Waals surface area contributed by atoms with Gasteiger partial charge in [-0.15, -0.1) is 0 Å². The first-order valence-corrected chi connectivity index (χ1v) is 10.4. The molecule has 0 radical (unpaired) electrons. The third-order valence-electron chi connectivity index (χ3n) is 5.81. The number of hydrogen-bond donors (Lipinski definition) is 2. The molecule has 6 rings (SSSR count). The maximum absolute atomic E-state index is 4.70. The molecule has 0 atom stereocenters. The molecule has 1 fully saturated rings. The van der Waals surface area contributed by atoms with Gasteiger partial charge in [0.05, 0.1) is 34.3 Å². The van der Waals surface area contributed by atoms with E-state index in [0.717, 1.165) is 63.5 Å². The second-order valence-electron chi connectivity index (χ2n) is 7.73. The van der Waals surface area contributed by atoms with E-state index in [1.54, 1.807) is 6.20 Å². The number of H-pyrrole nitrogens is 2. The highest BCUT2D eigenvalue weighted by Gasteiger charge is 2.18. The lowest BCUT2D eigenvalue weighted by Gasteiger charge is -2.28. The highest BCUT2D eigenvalue weighted by atomic mass is 15.2. The fourth-order valence-electron chi connectivity index (χ4n) is 4.30. The lowest BCUT2D eigenvalue weighted by atomic mass is 10.1. The number of hydrogen-bond acceptors (Lipinski definition) is 5. The number of nitrogens with zero attached hydrogens (tertiary/aromatic N) is 5. The average molecular weight is 395 g/mol. The summed E-state index contributed by atoms with van der Waals surface area (Å²) in [5, 5.41) is 9.86. The monoisotopic (exact) mass is 395 g/mol. The van der Waals surface area contributed by atoms with Crippen LogP contribution in [0.1, 0.15) is 19.3 Å². The largest absolute Gasteiger partial charge is 0.356 e. The molecule has 1 saturated heterocycles. The van der Waals surface area contributed by atoms with Crippen LogP contribution in [0.25, 0.3) is 44.6 Å². The fraction of sp³-hybridized carbons (Fsp3) is 0.217. The predicted molar refractivity (Wildman–Crippen MR) is 118 cm³/mol. The Hall–Kier alpha value is -3.74. The Labute approximate surface area is 173 Å². The second-order valence-corrected chi connectivity index (χ2v) is 7.73. The summed E-state index contributed by atoms with van der Waals surface area (Å²) in [6, 6.07) is 12.1. The van der Waals surface area contributed by atoms with Crippen molar-refractivity contribution in [3.63, 3.8) is 0 Å². The molecule has 0 aromatic carbocycles. The van der Waals surface area contributed by atoms with Crippen LogP contribution >= 0.6 is 0 Å². The average Bonchev–Trinajstić information content (AvgIpc) is 3.43. The van der Waals surface area contributed by atoms with Gasteiger partial charge in [-0.25, -0.2) is 4.98 Å².